The molecule has 3 rings (SSSR count). The van der Waals surface area contributed by atoms with Gasteiger partial charge in [0.2, 0.25) is 15.9 Å². The number of morpholine rings is 1. The lowest BCUT2D eigenvalue weighted by molar-refractivity contribution is -0.137. The Morgan fingerprint density at radius 1 is 1.29 bits per heavy atom. The molecule has 0 bridgehead atoms. The average molecular weight is 425 g/mol. The van der Waals surface area contributed by atoms with E-state index in [2.05, 4.69) is 4.72 Å². The van der Waals surface area contributed by atoms with Crippen LogP contribution in [0.5, 0.6) is 5.75 Å². The molecule has 1 amide bonds. The van der Waals surface area contributed by atoms with Crippen LogP contribution in [0.15, 0.2) is 53.4 Å². The van der Waals surface area contributed by atoms with Crippen LogP contribution in [0, 0.1) is 0 Å². The van der Waals surface area contributed by atoms with Gasteiger partial charge in [0.15, 0.2) is 0 Å². The summed E-state index contributed by atoms with van der Waals surface area (Å²) in [6, 6.07) is 13.7. The first-order chi connectivity index (χ1) is 13.4. The molecule has 0 aromatic heterocycles. The number of methoxy groups -OCH3 is 1. The van der Waals surface area contributed by atoms with Gasteiger partial charge in [0.1, 0.15) is 11.9 Å². The molecule has 1 atom stereocenters. The third-order valence-corrected chi connectivity index (χ3v) is 6.13. The molecule has 1 aliphatic rings. The van der Waals surface area contributed by atoms with Crippen molar-refractivity contribution in [1.82, 2.24) is 9.62 Å². The molecule has 0 unspecified atom stereocenters. The van der Waals surface area contributed by atoms with Crippen molar-refractivity contribution in [3.63, 3.8) is 0 Å². The summed E-state index contributed by atoms with van der Waals surface area (Å²) < 4.78 is 38.0. The second-order valence-electron chi connectivity index (χ2n) is 6.23. The third-order valence-electron chi connectivity index (χ3n) is 4.44. The number of amides is 1. The summed E-state index contributed by atoms with van der Waals surface area (Å²) in [6.45, 7) is 0.844. The smallest absolute Gasteiger partial charge is 0.241 e. The Balaban J connectivity index is 1.62. The van der Waals surface area contributed by atoms with Crippen molar-refractivity contribution in [3.05, 3.63) is 59.1 Å². The van der Waals surface area contributed by atoms with Crippen LogP contribution in [-0.4, -0.2) is 52.6 Å². The van der Waals surface area contributed by atoms with Gasteiger partial charge in [0.25, 0.3) is 0 Å². The van der Waals surface area contributed by atoms with Gasteiger partial charge in [-0.05, 0) is 23.8 Å². The molecule has 0 saturated carbocycles. The number of nitrogens with zero attached hydrogens (tertiary/aromatic N) is 1. The van der Waals surface area contributed by atoms with Gasteiger partial charge < -0.3 is 14.4 Å². The number of carbonyl (C=O) groups is 1. The summed E-state index contributed by atoms with van der Waals surface area (Å²) in [5, 5.41) is 0.176. The summed E-state index contributed by atoms with van der Waals surface area (Å²) in [7, 11) is -2.43. The molecule has 0 spiro atoms. The lowest BCUT2D eigenvalue weighted by Gasteiger charge is -2.33. The van der Waals surface area contributed by atoms with Crippen LogP contribution >= 0.6 is 11.6 Å². The predicted octanol–water partition coefficient (Wildman–Crippen LogP) is 2.23. The Morgan fingerprint density at radius 3 is 2.71 bits per heavy atom. The van der Waals surface area contributed by atoms with E-state index in [0.717, 1.165) is 5.56 Å². The van der Waals surface area contributed by atoms with E-state index in [1.54, 1.807) is 4.90 Å². The highest BCUT2D eigenvalue weighted by Gasteiger charge is 2.26. The van der Waals surface area contributed by atoms with Crippen LogP contribution in [0.3, 0.4) is 0 Å². The predicted molar refractivity (Wildman–Crippen MR) is 105 cm³/mol. The molecule has 28 heavy (non-hydrogen) atoms. The first kappa shape index (κ1) is 20.6. The van der Waals surface area contributed by atoms with Crippen molar-refractivity contribution >= 4 is 27.5 Å². The van der Waals surface area contributed by atoms with Gasteiger partial charge in [-0.1, -0.05) is 41.9 Å². The molecular weight excluding hydrogens is 404 g/mol. The number of ether oxygens (including phenoxy) is 2. The minimum atomic E-state index is -3.88. The fraction of sp³-hybridized carbons (Fsp3) is 0.316. The zero-order chi connectivity index (χ0) is 20.1. The zero-order valence-corrected chi connectivity index (χ0v) is 16.9. The molecular formula is C19H21ClN2O5S. The first-order valence-electron chi connectivity index (χ1n) is 8.68. The van der Waals surface area contributed by atoms with Gasteiger partial charge in [0, 0.05) is 6.54 Å². The number of nitrogens with one attached hydrogen (secondary N) is 1. The molecule has 7 nitrogen and oxygen atoms in total. The molecule has 9 heteroatoms. The Bertz CT molecular complexity index is 937. The second-order valence-corrected chi connectivity index (χ2v) is 8.40. The Morgan fingerprint density at radius 2 is 2.04 bits per heavy atom. The fourth-order valence-electron chi connectivity index (χ4n) is 2.91. The molecule has 1 saturated heterocycles. The SMILES string of the molecule is COc1ccc(S(=O)(=O)NCC(=O)N2CCO[C@@H](c3ccccc3)C2)cc1Cl. The van der Waals surface area contributed by atoms with Gasteiger partial charge in [-0.3, -0.25) is 4.79 Å². The van der Waals surface area contributed by atoms with Gasteiger partial charge in [-0.2, -0.15) is 0 Å². The summed E-state index contributed by atoms with van der Waals surface area (Å²) in [6.07, 6.45) is -0.226. The summed E-state index contributed by atoms with van der Waals surface area (Å²) >= 11 is 5.99. The lowest BCUT2D eigenvalue weighted by atomic mass is 10.1. The van der Waals surface area contributed by atoms with Crippen molar-refractivity contribution in [2.24, 2.45) is 0 Å². The Hall–Kier alpha value is -2.13. The minimum absolute atomic E-state index is 0.0322. The number of rotatable bonds is 6. The van der Waals surface area contributed by atoms with E-state index in [4.69, 9.17) is 21.1 Å². The van der Waals surface area contributed by atoms with Crippen LogP contribution in [0.1, 0.15) is 11.7 Å². The van der Waals surface area contributed by atoms with Gasteiger partial charge in [-0.25, -0.2) is 13.1 Å². The monoisotopic (exact) mass is 424 g/mol. The van der Waals surface area contributed by atoms with E-state index in [1.165, 1.54) is 25.3 Å². The van der Waals surface area contributed by atoms with Crippen molar-refractivity contribution in [3.8, 4) is 5.75 Å². The van der Waals surface area contributed by atoms with E-state index in [0.29, 0.717) is 25.4 Å². The number of benzene rings is 2. The molecule has 1 aliphatic heterocycles. The lowest BCUT2D eigenvalue weighted by Crippen LogP contribution is -2.46. The van der Waals surface area contributed by atoms with Gasteiger partial charge in [-0.15, -0.1) is 0 Å². The van der Waals surface area contributed by atoms with E-state index in [9.17, 15) is 13.2 Å². The van der Waals surface area contributed by atoms with Gasteiger partial charge >= 0.3 is 0 Å². The molecule has 1 fully saturated rings. The molecule has 0 radical (unpaired) electrons. The fourth-order valence-corrected chi connectivity index (χ4v) is 4.23. The van der Waals surface area contributed by atoms with Crippen LogP contribution in [0.4, 0.5) is 0 Å². The standard InChI is InChI=1S/C19H21ClN2O5S/c1-26-17-8-7-15(11-16(17)20)28(24,25)21-12-19(23)22-9-10-27-18(13-22)14-5-3-2-4-6-14/h2-8,11,18,21H,9-10,12-13H2,1H3/t18-/m1/s1. The van der Waals surface area contributed by atoms with Crippen molar-refractivity contribution in [2.45, 2.75) is 11.0 Å². The van der Waals surface area contributed by atoms with E-state index >= 15 is 0 Å². The highest BCUT2D eigenvalue weighted by molar-refractivity contribution is 7.89. The maximum Gasteiger partial charge on any atom is 0.241 e. The Kier molecular flexibility index (Phi) is 6.56. The number of sulfonamides is 1. The second kappa shape index (κ2) is 8.91. The highest BCUT2D eigenvalue weighted by Crippen LogP contribution is 2.27. The van der Waals surface area contributed by atoms with E-state index in [-0.39, 0.29) is 28.5 Å². The third kappa shape index (κ3) is 4.82. The van der Waals surface area contributed by atoms with Gasteiger partial charge in [0.05, 0.1) is 36.7 Å². The minimum Gasteiger partial charge on any atom is -0.495 e. The normalized spacial score (nSPS) is 17.4. The Labute approximate surface area is 169 Å². The number of hydrogen-bond donors (Lipinski definition) is 1. The van der Waals surface area contributed by atoms with E-state index in [1.807, 2.05) is 30.3 Å². The van der Waals surface area contributed by atoms with Crippen LogP contribution in [0.25, 0.3) is 0 Å². The van der Waals surface area contributed by atoms with Crippen LogP contribution < -0.4 is 9.46 Å². The molecule has 150 valence electrons. The van der Waals surface area contributed by atoms with Crippen molar-refractivity contribution in [2.75, 3.05) is 33.4 Å². The molecule has 2 aromatic rings. The first-order valence-corrected chi connectivity index (χ1v) is 10.5. The maximum absolute atomic E-state index is 12.5. The van der Waals surface area contributed by atoms with Crippen LogP contribution in [-0.2, 0) is 19.6 Å². The van der Waals surface area contributed by atoms with Crippen molar-refractivity contribution in [1.29, 1.82) is 0 Å². The van der Waals surface area contributed by atoms with E-state index < -0.39 is 10.0 Å². The summed E-state index contributed by atoms with van der Waals surface area (Å²) in [4.78, 5) is 14.1. The quantitative estimate of drug-likeness (QED) is 0.768. The molecule has 1 N–H and O–H groups in total. The zero-order valence-electron chi connectivity index (χ0n) is 15.3. The number of hydrogen-bond acceptors (Lipinski definition) is 5. The largest absolute Gasteiger partial charge is 0.495 e. The average Bonchev–Trinajstić information content (AvgIpc) is 2.72. The summed E-state index contributed by atoms with van der Waals surface area (Å²) in [5.74, 6) is 0.0596. The topological polar surface area (TPSA) is 84.9 Å². The molecule has 0 aliphatic carbocycles. The molecule has 2 aromatic carbocycles. The molecule has 1 heterocycles. The number of carbonyl (C=O) groups excluding carboxylic acids is 1. The van der Waals surface area contributed by atoms with Crippen LogP contribution in [0.2, 0.25) is 5.02 Å². The van der Waals surface area contributed by atoms with Crippen molar-refractivity contribution < 1.29 is 22.7 Å². The maximum atomic E-state index is 12.5. The summed E-state index contributed by atoms with van der Waals surface area (Å²) in [5.41, 5.74) is 0.980. The number of halogens is 1. The highest BCUT2D eigenvalue weighted by atomic mass is 35.5.